The summed E-state index contributed by atoms with van der Waals surface area (Å²) in [7, 11) is 3.82. The van der Waals surface area contributed by atoms with Crippen LogP contribution in [-0.2, 0) is 14.1 Å². The second-order valence-corrected chi connectivity index (χ2v) is 6.15. The van der Waals surface area contributed by atoms with Crippen molar-refractivity contribution < 1.29 is 4.57 Å². The normalized spacial score (nSPS) is 16.0. The highest BCUT2D eigenvalue weighted by Crippen LogP contribution is 2.23. The van der Waals surface area contributed by atoms with Crippen molar-refractivity contribution in [2.24, 2.45) is 24.3 Å². The van der Waals surface area contributed by atoms with Crippen molar-refractivity contribution in [3.63, 3.8) is 0 Å². The summed E-state index contributed by atoms with van der Waals surface area (Å²) in [5.74, 6) is 1.65. The van der Waals surface area contributed by atoms with Crippen molar-refractivity contribution in [3.8, 4) is 0 Å². The van der Waals surface area contributed by atoms with Crippen LogP contribution in [0.25, 0.3) is 0 Å². The van der Waals surface area contributed by atoms with Crippen LogP contribution in [0, 0.1) is 6.92 Å². The molecule has 6 nitrogen and oxygen atoms in total. The molecule has 2 heterocycles. The number of hydrogen-bond donors (Lipinski definition) is 0. The van der Waals surface area contributed by atoms with Crippen LogP contribution < -0.4 is 9.47 Å². The molecule has 1 aliphatic heterocycles. The van der Waals surface area contributed by atoms with Gasteiger partial charge in [-0.3, -0.25) is 0 Å². The van der Waals surface area contributed by atoms with E-state index in [1.165, 1.54) is 31.4 Å². The number of anilines is 1. The third-order valence-corrected chi connectivity index (χ3v) is 4.45. The van der Waals surface area contributed by atoms with Crippen LogP contribution in [0.3, 0.4) is 0 Å². The van der Waals surface area contributed by atoms with Crippen LogP contribution in [0.4, 0.5) is 17.3 Å². The number of nitrogens with zero attached hydrogens (tertiary/aromatic N) is 6. The maximum Gasteiger partial charge on any atom is 0.403 e. The van der Waals surface area contributed by atoms with Gasteiger partial charge in [0.15, 0.2) is 0 Å². The molecule has 122 valence electrons. The Morgan fingerprint density at radius 2 is 1.65 bits per heavy atom. The van der Waals surface area contributed by atoms with E-state index >= 15 is 0 Å². The highest BCUT2D eigenvalue weighted by molar-refractivity contribution is 5.52. The van der Waals surface area contributed by atoms with Gasteiger partial charge in [0.2, 0.25) is 5.82 Å². The van der Waals surface area contributed by atoms with Crippen LogP contribution in [0.2, 0.25) is 0 Å². The van der Waals surface area contributed by atoms with E-state index in [2.05, 4.69) is 32.4 Å². The summed E-state index contributed by atoms with van der Waals surface area (Å²) in [6, 6.07) is 8.36. The number of aromatic nitrogens is 3. The maximum atomic E-state index is 4.34. The average Bonchev–Trinajstić information content (AvgIpc) is 2.77. The molecule has 0 aliphatic carbocycles. The fourth-order valence-corrected chi connectivity index (χ4v) is 2.98. The van der Waals surface area contributed by atoms with E-state index in [1.54, 1.807) is 4.68 Å². The van der Waals surface area contributed by atoms with Gasteiger partial charge in [-0.1, -0.05) is 18.0 Å². The number of azo groups is 1. The lowest BCUT2D eigenvalue weighted by Gasteiger charge is -2.22. The molecular formula is C17H25N6+. The molecule has 1 fully saturated rings. The highest BCUT2D eigenvalue weighted by Gasteiger charge is 2.16. The van der Waals surface area contributed by atoms with Crippen LogP contribution in [0.1, 0.15) is 31.5 Å². The fraction of sp³-hybridized carbons (Fsp3) is 0.529. The molecule has 1 saturated heterocycles. The molecule has 3 rings (SSSR count). The number of rotatable bonds is 3. The van der Waals surface area contributed by atoms with Crippen molar-refractivity contribution >= 4 is 17.3 Å². The lowest BCUT2D eigenvalue weighted by molar-refractivity contribution is -0.665. The van der Waals surface area contributed by atoms with E-state index in [0.29, 0.717) is 0 Å². The van der Waals surface area contributed by atoms with Crippen molar-refractivity contribution in [2.75, 3.05) is 18.0 Å². The topological polar surface area (TPSA) is 49.7 Å². The molecule has 0 bridgehead atoms. The van der Waals surface area contributed by atoms with Gasteiger partial charge < -0.3 is 4.90 Å². The number of benzene rings is 1. The zero-order valence-electron chi connectivity index (χ0n) is 14.2. The quantitative estimate of drug-likeness (QED) is 0.644. The van der Waals surface area contributed by atoms with Gasteiger partial charge in [-0.15, -0.1) is 4.68 Å². The van der Waals surface area contributed by atoms with Gasteiger partial charge in [0.1, 0.15) is 0 Å². The van der Waals surface area contributed by atoms with Gasteiger partial charge in [-0.2, -0.15) is 0 Å². The predicted molar refractivity (Wildman–Crippen MR) is 90.4 cm³/mol. The second-order valence-electron chi connectivity index (χ2n) is 6.15. The number of aryl methyl sites for hydroxylation is 2. The van der Waals surface area contributed by atoms with Gasteiger partial charge in [0.05, 0.1) is 19.8 Å². The first kappa shape index (κ1) is 15.6. The van der Waals surface area contributed by atoms with E-state index in [4.69, 9.17) is 0 Å². The minimum Gasteiger partial charge on any atom is -0.372 e. The van der Waals surface area contributed by atoms with Gasteiger partial charge >= 0.3 is 5.95 Å². The Bertz CT molecular complexity index is 678. The Hall–Kier alpha value is -2.24. The first-order chi connectivity index (χ1) is 11.1. The van der Waals surface area contributed by atoms with Crippen molar-refractivity contribution in [1.29, 1.82) is 0 Å². The summed E-state index contributed by atoms with van der Waals surface area (Å²) >= 11 is 0. The van der Waals surface area contributed by atoms with E-state index in [9.17, 15) is 0 Å². The fourth-order valence-electron chi connectivity index (χ4n) is 2.98. The van der Waals surface area contributed by atoms with Crippen LogP contribution in [0.15, 0.2) is 34.5 Å². The summed E-state index contributed by atoms with van der Waals surface area (Å²) < 4.78 is 3.67. The number of hydrogen-bond acceptors (Lipinski definition) is 4. The molecule has 0 amide bonds. The molecular weight excluding hydrogens is 288 g/mol. The molecule has 0 saturated carbocycles. The molecule has 6 heteroatoms. The molecule has 0 atom stereocenters. The zero-order valence-corrected chi connectivity index (χ0v) is 14.2. The van der Waals surface area contributed by atoms with Gasteiger partial charge in [0.25, 0.3) is 0 Å². The smallest absolute Gasteiger partial charge is 0.372 e. The van der Waals surface area contributed by atoms with Crippen molar-refractivity contribution in [3.05, 3.63) is 30.1 Å². The SMILES string of the molecule is Cc1nn(C)c(N=Nc2ccc(N3CCCCCC3)cc2)[n+]1C. The summed E-state index contributed by atoms with van der Waals surface area (Å²) in [6.07, 6.45) is 5.28. The predicted octanol–water partition coefficient (Wildman–Crippen LogP) is 3.35. The van der Waals surface area contributed by atoms with E-state index in [0.717, 1.165) is 30.5 Å². The first-order valence-electron chi connectivity index (χ1n) is 8.31. The Balaban J connectivity index is 1.73. The van der Waals surface area contributed by atoms with Gasteiger partial charge in [0, 0.05) is 30.8 Å². The van der Waals surface area contributed by atoms with Gasteiger partial charge in [-0.05, 0) is 42.2 Å². The van der Waals surface area contributed by atoms with Crippen LogP contribution >= 0.6 is 0 Å². The average molecular weight is 313 g/mol. The summed E-state index contributed by atoms with van der Waals surface area (Å²) in [4.78, 5) is 2.47. The molecule has 2 aromatic rings. The second kappa shape index (κ2) is 6.89. The molecule has 0 N–H and O–H groups in total. The Morgan fingerprint density at radius 3 is 2.22 bits per heavy atom. The lowest BCUT2D eigenvalue weighted by Crippen LogP contribution is -2.29. The van der Waals surface area contributed by atoms with Crippen molar-refractivity contribution in [1.82, 2.24) is 9.78 Å². The summed E-state index contributed by atoms with van der Waals surface area (Å²) in [6.45, 7) is 4.27. The van der Waals surface area contributed by atoms with E-state index in [-0.39, 0.29) is 0 Å². The monoisotopic (exact) mass is 313 g/mol. The minimum absolute atomic E-state index is 0.735. The molecule has 0 radical (unpaired) electrons. The molecule has 0 unspecified atom stereocenters. The largest absolute Gasteiger partial charge is 0.403 e. The van der Waals surface area contributed by atoms with Crippen LogP contribution in [0.5, 0.6) is 0 Å². The molecule has 23 heavy (non-hydrogen) atoms. The van der Waals surface area contributed by atoms with Crippen LogP contribution in [-0.4, -0.2) is 22.9 Å². The molecule has 1 aromatic heterocycles. The Kier molecular flexibility index (Phi) is 4.69. The third kappa shape index (κ3) is 3.57. The van der Waals surface area contributed by atoms with Gasteiger partial charge in [-0.25, -0.2) is 4.57 Å². The first-order valence-corrected chi connectivity index (χ1v) is 8.31. The van der Waals surface area contributed by atoms with E-state index < -0.39 is 0 Å². The standard InChI is InChI=1S/C17H25N6/c1-14-20-22(3)17(21(14)2)19-18-15-8-10-16(11-9-15)23-12-6-4-5-7-13-23/h8-11H,4-7,12-13H2,1-3H3/q+1. The highest BCUT2D eigenvalue weighted by atomic mass is 15.4. The zero-order chi connectivity index (χ0) is 16.2. The molecule has 1 aliphatic rings. The molecule has 0 spiro atoms. The maximum absolute atomic E-state index is 4.34. The lowest BCUT2D eigenvalue weighted by atomic mass is 10.2. The summed E-state index contributed by atoms with van der Waals surface area (Å²) in [5, 5.41) is 13.0. The summed E-state index contributed by atoms with van der Waals surface area (Å²) in [5.41, 5.74) is 2.15. The van der Waals surface area contributed by atoms with Crippen molar-refractivity contribution in [2.45, 2.75) is 32.6 Å². The molecule has 1 aromatic carbocycles. The minimum atomic E-state index is 0.735. The Labute approximate surface area is 137 Å². The Morgan fingerprint density at radius 1 is 1.00 bits per heavy atom. The third-order valence-electron chi connectivity index (χ3n) is 4.45. The van der Waals surface area contributed by atoms with E-state index in [1.807, 2.05) is 37.7 Å².